The maximum atomic E-state index is 12.0. The molecule has 0 spiro atoms. The number of aromatic nitrogens is 2. The van der Waals surface area contributed by atoms with Gasteiger partial charge in [0.25, 0.3) is 11.3 Å². The summed E-state index contributed by atoms with van der Waals surface area (Å²) >= 11 is 5.65. The van der Waals surface area contributed by atoms with Crippen molar-refractivity contribution in [1.82, 2.24) is 4.40 Å². The normalized spacial score (nSPS) is 10.9. The molecule has 4 nitrogen and oxygen atoms in total. The third kappa shape index (κ3) is 2.38. The van der Waals surface area contributed by atoms with Crippen LogP contribution in [0.2, 0.25) is 0 Å². The van der Waals surface area contributed by atoms with Crippen LogP contribution in [-0.2, 0) is 6.54 Å². The van der Waals surface area contributed by atoms with Gasteiger partial charge in [0, 0.05) is 6.07 Å². The number of rotatable bonds is 4. The lowest BCUT2D eigenvalue weighted by Crippen LogP contribution is -2.33. The van der Waals surface area contributed by atoms with Crippen LogP contribution in [0.25, 0.3) is 5.65 Å². The standard InChI is InChI=1S/C16H13ClN2O2/c17-10-13(20)15-16(21)19(11-12-6-2-1-3-7-12)14-8-4-5-9-18(14)15/h1-9H,10-11H2/p+1. The van der Waals surface area contributed by atoms with E-state index in [9.17, 15) is 9.90 Å². The number of carbonyl (C=O) groups excluding carboxylic acids is 1. The lowest BCUT2D eigenvalue weighted by molar-refractivity contribution is -0.668. The Kier molecular flexibility index (Phi) is 3.62. The SMILES string of the molecule is O=C(CCl)c1c(O)[n+](Cc2ccccc2)c2ccccn12. The van der Waals surface area contributed by atoms with Gasteiger partial charge in [-0.2, -0.15) is 8.97 Å². The van der Waals surface area contributed by atoms with Gasteiger partial charge < -0.3 is 5.11 Å². The fraction of sp³-hybridized carbons (Fsp3) is 0.125. The molecule has 0 saturated heterocycles. The van der Waals surface area contributed by atoms with E-state index in [-0.39, 0.29) is 23.2 Å². The lowest BCUT2D eigenvalue weighted by Gasteiger charge is -1.99. The topological polar surface area (TPSA) is 45.6 Å². The molecule has 5 heteroatoms. The Balaban J connectivity index is 2.18. The number of benzene rings is 1. The second-order valence-corrected chi connectivity index (χ2v) is 5.00. The van der Waals surface area contributed by atoms with Crippen LogP contribution in [0.4, 0.5) is 0 Å². The summed E-state index contributed by atoms with van der Waals surface area (Å²) in [6.07, 6.45) is 1.75. The molecule has 0 aliphatic carbocycles. The molecule has 1 N–H and O–H groups in total. The Bertz CT molecular complexity index is 797. The van der Waals surface area contributed by atoms with Crippen molar-refractivity contribution in [2.24, 2.45) is 0 Å². The molecule has 3 aromatic rings. The predicted octanol–water partition coefficient (Wildman–Crippen LogP) is 2.40. The van der Waals surface area contributed by atoms with E-state index in [1.54, 1.807) is 15.2 Å². The first-order chi connectivity index (χ1) is 10.2. The van der Waals surface area contributed by atoms with Crippen molar-refractivity contribution in [3.05, 3.63) is 66.0 Å². The van der Waals surface area contributed by atoms with Crippen LogP contribution in [0, 0.1) is 0 Å². The van der Waals surface area contributed by atoms with Gasteiger partial charge in [-0.3, -0.25) is 4.79 Å². The fourth-order valence-electron chi connectivity index (χ4n) is 2.43. The number of nitrogens with zero attached hydrogens (tertiary/aromatic N) is 2. The average Bonchev–Trinajstić information content (AvgIpc) is 2.80. The minimum Gasteiger partial charge on any atom is -0.475 e. The molecule has 0 amide bonds. The first-order valence-corrected chi connectivity index (χ1v) is 7.10. The van der Waals surface area contributed by atoms with Gasteiger partial charge in [0.15, 0.2) is 0 Å². The summed E-state index contributed by atoms with van der Waals surface area (Å²) in [5.74, 6) is -0.530. The monoisotopic (exact) mass is 301 g/mol. The van der Waals surface area contributed by atoms with Gasteiger partial charge in [-0.25, -0.2) is 0 Å². The zero-order valence-corrected chi connectivity index (χ0v) is 12.0. The zero-order valence-electron chi connectivity index (χ0n) is 11.2. The summed E-state index contributed by atoms with van der Waals surface area (Å²) in [6.45, 7) is 0.482. The molecule has 0 aliphatic rings. The lowest BCUT2D eigenvalue weighted by atomic mass is 10.2. The van der Waals surface area contributed by atoms with Crippen molar-refractivity contribution in [1.29, 1.82) is 0 Å². The van der Waals surface area contributed by atoms with Crippen LogP contribution in [0.1, 0.15) is 16.1 Å². The quantitative estimate of drug-likeness (QED) is 0.457. The highest BCUT2D eigenvalue weighted by molar-refractivity contribution is 6.30. The number of fused-ring (bicyclic) bond motifs is 1. The number of pyridine rings is 1. The molecule has 3 rings (SSSR count). The second-order valence-electron chi connectivity index (χ2n) is 4.73. The summed E-state index contributed by atoms with van der Waals surface area (Å²) in [7, 11) is 0. The minimum absolute atomic E-state index is 0.0595. The van der Waals surface area contributed by atoms with Crippen molar-refractivity contribution in [2.45, 2.75) is 6.54 Å². The molecule has 2 heterocycles. The maximum Gasteiger partial charge on any atom is 0.335 e. The van der Waals surface area contributed by atoms with Crippen LogP contribution >= 0.6 is 11.6 Å². The number of aromatic hydroxyl groups is 1. The van der Waals surface area contributed by atoms with Gasteiger partial charge in [-0.1, -0.05) is 36.4 Å². The van der Waals surface area contributed by atoms with E-state index in [0.29, 0.717) is 6.54 Å². The van der Waals surface area contributed by atoms with Crippen molar-refractivity contribution < 1.29 is 14.5 Å². The first-order valence-electron chi connectivity index (χ1n) is 6.57. The molecule has 0 atom stereocenters. The summed E-state index contributed by atoms with van der Waals surface area (Å²) in [4.78, 5) is 12.0. The highest BCUT2D eigenvalue weighted by Gasteiger charge is 2.29. The van der Waals surface area contributed by atoms with E-state index in [1.807, 2.05) is 48.5 Å². The Morgan fingerprint density at radius 1 is 1.14 bits per heavy atom. The molecular weight excluding hydrogens is 288 g/mol. The average molecular weight is 302 g/mol. The molecule has 0 saturated carbocycles. The van der Waals surface area contributed by atoms with Crippen LogP contribution in [0.15, 0.2) is 54.7 Å². The van der Waals surface area contributed by atoms with Gasteiger partial charge in [0.05, 0.1) is 12.1 Å². The summed E-state index contributed by atoms with van der Waals surface area (Å²) in [5, 5.41) is 10.4. The second kappa shape index (κ2) is 5.58. The van der Waals surface area contributed by atoms with Crippen molar-refractivity contribution in [3.8, 4) is 5.88 Å². The number of ketones is 1. The minimum atomic E-state index is -0.304. The summed E-state index contributed by atoms with van der Waals surface area (Å²) < 4.78 is 3.37. The van der Waals surface area contributed by atoms with E-state index in [2.05, 4.69) is 0 Å². The molecule has 0 bridgehead atoms. The number of hydrogen-bond acceptors (Lipinski definition) is 2. The number of halogens is 1. The van der Waals surface area contributed by atoms with Gasteiger partial charge >= 0.3 is 5.88 Å². The van der Waals surface area contributed by atoms with E-state index in [1.165, 1.54) is 0 Å². The van der Waals surface area contributed by atoms with Crippen molar-refractivity contribution >= 4 is 23.0 Å². The van der Waals surface area contributed by atoms with Crippen molar-refractivity contribution in [2.75, 3.05) is 5.88 Å². The number of alkyl halides is 1. The third-order valence-corrected chi connectivity index (χ3v) is 3.64. The molecule has 0 fully saturated rings. The number of Topliss-reactive ketones (excluding diaryl/α,β-unsaturated/α-hetero) is 1. The highest BCUT2D eigenvalue weighted by atomic mass is 35.5. The van der Waals surface area contributed by atoms with E-state index in [4.69, 9.17) is 11.6 Å². The van der Waals surface area contributed by atoms with Crippen LogP contribution in [-0.4, -0.2) is 21.2 Å². The van der Waals surface area contributed by atoms with E-state index < -0.39 is 0 Å². The van der Waals surface area contributed by atoms with Crippen LogP contribution in [0.3, 0.4) is 0 Å². The van der Waals surface area contributed by atoms with E-state index in [0.717, 1.165) is 11.2 Å². The van der Waals surface area contributed by atoms with Crippen molar-refractivity contribution in [3.63, 3.8) is 0 Å². The molecule has 21 heavy (non-hydrogen) atoms. The largest absolute Gasteiger partial charge is 0.475 e. The number of hydrogen-bond donors (Lipinski definition) is 1. The van der Waals surface area contributed by atoms with Crippen LogP contribution < -0.4 is 4.57 Å². The third-order valence-electron chi connectivity index (χ3n) is 3.39. The Hall–Kier alpha value is -2.33. The molecule has 106 valence electrons. The Morgan fingerprint density at radius 2 is 1.86 bits per heavy atom. The predicted molar refractivity (Wildman–Crippen MR) is 79.9 cm³/mol. The van der Waals surface area contributed by atoms with Crippen LogP contribution in [0.5, 0.6) is 5.88 Å². The van der Waals surface area contributed by atoms with Gasteiger partial charge in [0.1, 0.15) is 6.54 Å². The Labute approximate surface area is 126 Å². The summed E-state index contributed by atoms with van der Waals surface area (Å²) in [5.41, 5.74) is 2.00. The highest BCUT2D eigenvalue weighted by Crippen LogP contribution is 2.18. The van der Waals surface area contributed by atoms with E-state index >= 15 is 0 Å². The zero-order chi connectivity index (χ0) is 14.8. The number of imidazole rings is 1. The smallest absolute Gasteiger partial charge is 0.335 e. The molecule has 1 aromatic carbocycles. The first kappa shape index (κ1) is 13.6. The number of carbonyl (C=O) groups is 1. The maximum absolute atomic E-state index is 12.0. The van der Waals surface area contributed by atoms with Gasteiger partial charge in [-0.15, -0.1) is 11.6 Å². The molecule has 0 radical (unpaired) electrons. The molecular formula is C16H14ClN2O2+. The van der Waals surface area contributed by atoms with Gasteiger partial charge in [0.2, 0.25) is 5.78 Å². The molecule has 2 aromatic heterocycles. The fourth-order valence-corrected chi connectivity index (χ4v) is 2.56. The Morgan fingerprint density at radius 3 is 2.57 bits per heavy atom. The van der Waals surface area contributed by atoms with Gasteiger partial charge in [-0.05, 0) is 11.6 Å². The molecule has 0 aliphatic heterocycles. The molecule has 0 unspecified atom stereocenters. The summed E-state index contributed by atoms with van der Waals surface area (Å²) in [6, 6.07) is 15.3.